The van der Waals surface area contributed by atoms with E-state index in [4.69, 9.17) is 13.9 Å². The van der Waals surface area contributed by atoms with Gasteiger partial charge in [-0.05, 0) is 75.8 Å². The van der Waals surface area contributed by atoms with Gasteiger partial charge in [-0.2, -0.15) is 0 Å². The smallest absolute Gasteiger partial charge is 0.339 e. The molecule has 0 saturated carbocycles. The molecule has 1 aliphatic carbocycles. The number of ether oxygens (including phenoxy) is 2. The van der Waals surface area contributed by atoms with Gasteiger partial charge in [-0.15, -0.1) is 0 Å². The van der Waals surface area contributed by atoms with Crippen molar-refractivity contribution in [1.82, 2.24) is 10.2 Å². The second-order valence-corrected chi connectivity index (χ2v) is 8.55. The molecule has 1 saturated heterocycles. The minimum absolute atomic E-state index is 0.136. The van der Waals surface area contributed by atoms with Crippen LogP contribution in [0.4, 0.5) is 0 Å². The van der Waals surface area contributed by atoms with E-state index in [0.29, 0.717) is 17.9 Å². The molecule has 7 nitrogen and oxygen atoms in total. The lowest BCUT2D eigenvalue weighted by Gasteiger charge is -2.26. The van der Waals surface area contributed by atoms with Crippen LogP contribution >= 0.6 is 0 Å². The first-order valence-corrected chi connectivity index (χ1v) is 11.4. The Morgan fingerprint density at radius 1 is 1.19 bits per heavy atom. The van der Waals surface area contributed by atoms with E-state index in [1.807, 2.05) is 19.1 Å². The van der Waals surface area contributed by atoms with Crippen LogP contribution in [0.2, 0.25) is 0 Å². The number of amides is 1. The van der Waals surface area contributed by atoms with Crippen LogP contribution in [0.1, 0.15) is 42.9 Å². The highest BCUT2D eigenvalue weighted by Crippen LogP contribution is 2.35. The first-order chi connectivity index (χ1) is 15.0. The predicted molar refractivity (Wildman–Crippen MR) is 119 cm³/mol. The molecule has 1 N–H and O–H groups in total. The van der Waals surface area contributed by atoms with Crippen LogP contribution in [0.3, 0.4) is 0 Å². The van der Waals surface area contributed by atoms with E-state index in [1.165, 1.54) is 0 Å². The highest BCUT2D eigenvalue weighted by Gasteiger charge is 2.23. The van der Waals surface area contributed by atoms with Crippen molar-refractivity contribution in [1.29, 1.82) is 0 Å². The zero-order valence-electron chi connectivity index (χ0n) is 18.5. The fraction of sp³-hybridized carbons (Fsp3) is 0.583. The standard InChI is InChI=1S/C24H32N2O5/c1-16-14-20(22-18-6-3-4-7-19(18)24(28)31-21(22)15-16)30-17(2)23(27)25-8-5-9-26-10-12-29-13-11-26/h14-15,17H,3-13H2,1-2H3,(H,25,27)/t17-/m0/s1. The molecule has 0 spiro atoms. The van der Waals surface area contributed by atoms with Crippen molar-refractivity contribution in [3.63, 3.8) is 0 Å². The van der Waals surface area contributed by atoms with Crippen LogP contribution in [0, 0.1) is 6.92 Å². The molecule has 1 atom stereocenters. The van der Waals surface area contributed by atoms with Gasteiger partial charge in [-0.1, -0.05) is 0 Å². The molecule has 1 aromatic carbocycles. The second-order valence-electron chi connectivity index (χ2n) is 8.55. The van der Waals surface area contributed by atoms with Crippen molar-refractivity contribution < 1.29 is 18.7 Å². The number of benzene rings is 1. The Bertz CT molecular complexity index is 994. The lowest BCUT2D eigenvalue weighted by atomic mass is 9.90. The first kappa shape index (κ1) is 21.8. The maximum atomic E-state index is 12.6. The summed E-state index contributed by atoms with van der Waals surface area (Å²) in [4.78, 5) is 27.4. The van der Waals surface area contributed by atoms with Gasteiger partial charge in [0.15, 0.2) is 6.10 Å². The maximum absolute atomic E-state index is 12.6. The van der Waals surface area contributed by atoms with E-state index in [0.717, 1.165) is 87.0 Å². The minimum atomic E-state index is -0.639. The fourth-order valence-electron chi connectivity index (χ4n) is 4.49. The molecule has 168 valence electrons. The third-order valence-electron chi connectivity index (χ3n) is 6.16. The zero-order valence-corrected chi connectivity index (χ0v) is 18.5. The van der Waals surface area contributed by atoms with Crippen LogP contribution < -0.4 is 15.7 Å². The Kier molecular flexibility index (Phi) is 6.92. The molecule has 2 heterocycles. The molecule has 2 aliphatic rings. The number of rotatable bonds is 7. The number of nitrogens with one attached hydrogen (secondary N) is 1. The summed E-state index contributed by atoms with van der Waals surface area (Å²) in [5.41, 5.74) is 3.00. The number of morpholine rings is 1. The lowest BCUT2D eigenvalue weighted by Crippen LogP contribution is -2.40. The lowest BCUT2D eigenvalue weighted by molar-refractivity contribution is -0.127. The normalized spacial score (nSPS) is 17.9. The Morgan fingerprint density at radius 3 is 2.71 bits per heavy atom. The monoisotopic (exact) mass is 428 g/mol. The molecule has 2 aromatic rings. The predicted octanol–water partition coefficient (Wildman–Crippen LogP) is 2.59. The van der Waals surface area contributed by atoms with Crippen molar-refractivity contribution in [3.8, 4) is 5.75 Å². The highest BCUT2D eigenvalue weighted by molar-refractivity contribution is 5.89. The van der Waals surface area contributed by atoms with Crippen LogP contribution in [0.25, 0.3) is 11.0 Å². The van der Waals surface area contributed by atoms with E-state index < -0.39 is 6.10 Å². The molecule has 0 bridgehead atoms. The first-order valence-electron chi connectivity index (χ1n) is 11.4. The van der Waals surface area contributed by atoms with Crippen molar-refractivity contribution >= 4 is 16.9 Å². The second kappa shape index (κ2) is 9.83. The summed E-state index contributed by atoms with van der Waals surface area (Å²) in [5, 5.41) is 3.82. The quantitative estimate of drug-likeness (QED) is 0.539. The number of carbonyl (C=O) groups is 1. The molecule has 1 aromatic heterocycles. The van der Waals surface area contributed by atoms with Gasteiger partial charge in [0.05, 0.1) is 18.6 Å². The maximum Gasteiger partial charge on any atom is 0.339 e. The number of nitrogens with zero attached hydrogens (tertiary/aromatic N) is 1. The van der Waals surface area contributed by atoms with Gasteiger partial charge in [0.2, 0.25) is 0 Å². The third kappa shape index (κ3) is 5.10. The third-order valence-corrected chi connectivity index (χ3v) is 6.16. The summed E-state index contributed by atoms with van der Waals surface area (Å²) in [7, 11) is 0. The molecule has 0 radical (unpaired) electrons. The van der Waals surface area contributed by atoms with Gasteiger partial charge >= 0.3 is 5.63 Å². The van der Waals surface area contributed by atoms with Gasteiger partial charge in [0, 0.05) is 25.2 Å². The molecular formula is C24H32N2O5. The van der Waals surface area contributed by atoms with Crippen LogP contribution in [-0.2, 0) is 22.4 Å². The molecule has 1 amide bonds. The largest absolute Gasteiger partial charge is 0.480 e. The van der Waals surface area contributed by atoms with Crippen LogP contribution in [0.5, 0.6) is 5.75 Å². The highest BCUT2D eigenvalue weighted by atomic mass is 16.5. The van der Waals surface area contributed by atoms with Gasteiger partial charge < -0.3 is 19.2 Å². The summed E-state index contributed by atoms with van der Waals surface area (Å²) in [6.45, 7) is 8.73. The summed E-state index contributed by atoms with van der Waals surface area (Å²) in [6, 6.07) is 3.80. The van der Waals surface area contributed by atoms with Gasteiger partial charge in [-0.3, -0.25) is 9.69 Å². The van der Waals surface area contributed by atoms with Gasteiger partial charge in [-0.25, -0.2) is 4.79 Å². The Labute approximate surface area is 182 Å². The summed E-state index contributed by atoms with van der Waals surface area (Å²) in [5.74, 6) is 0.482. The molecule has 0 unspecified atom stereocenters. The Hall–Kier alpha value is -2.38. The van der Waals surface area contributed by atoms with E-state index in [-0.39, 0.29) is 11.5 Å². The van der Waals surface area contributed by atoms with Crippen molar-refractivity contribution in [2.45, 2.75) is 52.1 Å². The molecule has 31 heavy (non-hydrogen) atoms. The van der Waals surface area contributed by atoms with E-state index in [9.17, 15) is 9.59 Å². The molecular weight excluding hydrogens is 396 g/mol. The minimum Gasteiger partial charge on any atom is -0.480 e. The topological polar surface area (TPSA) is 81.0 Å². The number of fused-ring (bicyclic) bond motifs is 3. The fourth-order valence-corrected chi connectivity index (χ4v) is 4.49. The van der Waals surface area contributed by atoms with Crippen molar-refractivity contribution in [3.05, 3.63) is 39.2 Å². The number of aryl methyl sites for hydroxylation is 2. The number of hydrogen-bond acceptors (Lipinski definition) is 6. The van der Waals surface area contributed by atoms with Gasteiger partial charge in [0.25, 0.3) is 5.91 Å². The van der Waals surface area contributed by atoms with Crippen molar-refractivity contribution in [2.24, 2.45) is 0 Å². The van der Waals surface area contributed by atoms with Crippen molar-refractivity contribution in [2.75, 3.05) is 39.4 Å². The summed E-state index contributed by atoms with van der Waals surface area (Å²) in [6.07, 6.45) is 3.86. The Morgan fingerprint density at radius 2 is 1.94 bits per heavy atom. The van der Waals surface area contributed by atoms with Gasteiger partial charge in [0.1, 0.15) is 11.3 Å². The average molecular weight is 429 g/mol. The molecule has 1 fully saturated rings. The summed E-state index contributed by atoms with van der Waals surface area (Å²) < 4.78 is 17.1. The molecule has 4 rings (SSSR count). The SMILES string of the molecule is Cc1cc(O[C@@H](C)C(=O)NCCCN2CCOCC2)c2c3c(c(=O)oc2c1)CCCC3. The average Bonchev–Trinajstić information content (AvgIpc) is 2.77. The van der Waals surface area contributed by atoms with E-state index >= 15 is 0 Å². The van der Waals surface area contributed by atoms with E-state index in [1.54, 1.807) is 6.92 Å². The van der Waals surface area contributed by atoms with E-state index in [2.05, 4.69) is 10.2 Å². The molecule has 7 heteroatoms. The molecule has 1 aliphatic heterocycles. The number of carbonyl (C=O) groups excluding carboxylic acids is 1. The summed E-state index contributed by atoms with van der Waals surface area (Å²) >= 11 is 0. The van der Waals surface area contributed by atoms with Crippen LogP contribution in [-0.4, -0.2) is 56.3 Å². The van der Waals surface area contributed by atoms with Crippen LogP contribution in [0.15, 0.2) is 21.3 Å². The number of hydrogen-bond donors (Lipinski definition) is 1. The zero-order chi connectivity index (χ0) is 21.8. The Balaban J connectivity index is 1.43.